The smallest absolute Gasteiger partial charge is 0.387 e. The van der Waals surface area contributed by atoms with Crippen LogP contribution in [0.1, 0.15) is 51.0 Å². The Kier molecular flexibility index (Phi) is 5.21. The Labute approximate surface area is 119 Å². The van der Waals surface area contributed by atoms with Gasteiger partial charge in [0.25, 0.3) is 0 Å². The fourth-order valence-electron chi connectivity index (χ4n) is 3.09. The lowest BCUT2D eigenvalue weighted by Crippen LogP contribution is -2.14. The summed E-state index contributed by atoms with van der Waals surface area (Å²) < 4.78 is 29.2. The molecule has 20 heavy (non-hydrogen) atoms. The second kappa shape index (κ2) is 6.91. The summed E-state index contributed by atoms with van der Waals surface area (Å²) in [4.78, 5) is 0. The molecule has 0 bridgehead atoms. The molecule has 1 heterocycles. The van der Waals surface area contributed by atoms with E-state index >= 15 is 0 Å². The van der Waals surface area contributed by atoms with Gasteiger partial charge in [-0.25, -0.2) is 0 Å². The summed E-state index contributed by atoms with van der Waals surface area (Å²) in [6.07, 6.45) is 4.72. The topological polar surface area (TPSA) is 21.3 Å². The van der Waals surface area contributed by atoms with Crippen LogP contribution in [0.2, 0.25) is 0 Å². The van der Waals surface area contributed by atoms with Crippen molar-refractivity contribution >= 4 is 5.69 Å². The molecule has 2 atom stereocenters. The third-order valence-corrected chi connectivity index (χ3v) is 4.18. The lowest BCUT2D eigenvalue weighted by Gasteiger charge is -2.22. The number of halogens is 2. The van der Waals surface area contributed by atoms with Gasteiger partial charge in [-0.05, 0) is 36.1 Å². The van der Waals surface area contributed by atoms with Crippen LogP contribution < -0.4 is 10.1 Å². The van der Waals surface area contributed by atoms with Gasteiger partial charge in [0.05, 0.1) is 0 Å². The summed E-state index contributed by atoms with van der Waals surface area (Å²) in [6.45, 7) is 2.54. The van der Waals surface area contributed by atoms with Crippen molar-refractivity contribution in [1.29, 1.82) is 0 Å². The van der Waals surface area contributed by atoms with E-state index in [1.165, 1.54) is 19.3 Å². The number of ether oxygens (including phenoxy) is 1. The molecule has 2 nitrogen and oxygen atoms in total. The van der Waals surface area contributed by atoms with Crippen molar-refractivity contribution in [2.75, 3.05) is 11.9 Å². The molecular formula is C16H23F2NO. The monoisotopic (exact) mass is 283 g/mol. The van der Waals surface area contributed by atoms with E-state index in [9.17, 15) is 8.78 Å². The van der Waals surface area contributed by atoms with Crippen LogP contribution in [0.25, 0.3) is 0 Å². The zero-order chi connectivity index (χ0) is 14.5. The van der Waals surface area contributed by atoms with Gasteiger partial charge in [0.15, 0.2) is 0 Å². The van der Waals surface area contributed by atoms with Crippen molar-refractivity contribution in [2.45, 2.75) is 52.1 Å². The minimum atomic E-state index is -2.76. The highest BCUT2D eigenvalue weighted by molar-refractivity contribution is 5.60. The first-order chi connectivity index (χ1) is 9.65. The minimum absolute atomic E-state index is 0.262. The largest absolute Gasteiger partial charge is 0.435 e. The van der Waals surface area contributed by atoms with Gasteiger partial charge in [-0.1, -0.05) is 33.1 Å². The van der Waals surface area contributed by atoms with E-state index in [0.29, 0.717) is 11.8 Å². The van der Waals surface area contributed by atoms with Gasteiger partial charge in [0, 0.05) is 18.2 Å². The van der Waals surface area contributed by atoms with Crippen LogP contribution in [0.15, 0.2) is 18.2 Å². The predicted octanol–water partition coefficient (Wildman–Crippen LogP) is 5.01. The first-order valence-electron chi connectivity index (χ1n) is 7.48. The second-order valence-electron chi connectivity index (χ2n) is 5.43. The van der Waals surface area contributed by atoms with Gasteiger partial charge in [0.1, 0.15) is 5.75 Å². The molecule has 0 saturated carbocycles. The molecule has 1 N–H and O–H groups in total. The average Bonchev–Trinajstić information content (AvgIpc) is 2.82. The molecule has 2 rings (SSSR count). The first-order valence-corrected chi connectivity index (χ1v) is 7.48. The van der Waals surface area contributed by atoms with E-state index in [1.54, 1.807) is 12.1 Å². The third kappa shape index (κ3) is 3.41. The lowest BCUT2D eigenvalue weighted by atomic mass is 9.82. The number of rotatable bonds is 7. The molecule has 0 aliphatic carbocycles. The molecule has 0 saturated heterocycles. The lowest BCUT2D eigenvalue weighted by molar-refractivity contribution is -0.0498. The molecule has 1 aliphatic heterocycles. The highest BCUT2D eigenvalue weighted by Gasteiger charge is 2.29. The second-order valence-corrected chi connectivity index (χ2v) is 5.43. The number of nitrogens with one attached hydrogen (secondary N) is 1. The molecule has 0 amide bonds. The number of alkyl halides is 2. The first kappa shape index (κ1) is 15.1. The predicted molar refractivity (Wildman–Crippen MR) is 77.6 cm³/mol. The normalized spacial score (nSPS) is 18.8. The van der Waals surface area contributed by atoms with Crippen molar-refractivity contribution < 1.29 is 13.5 Å². The standard InChI is InChI=1S/C16H23F2NO/c1-3-5-6-11(4-2)14-10-19-15-8-7-12(9-13(14)15)20-16(17)18/h7-9,11,14,16,19H,3-6,10H2,1-2H3. The van der Waals surface area contributed by atoms with E-state index in [0.717, 1.165) is 24.2 Å². The summed E-state index contributed by atoms with van der Waals surface area (Å²) >= 11 is 0. The number of unbranched alkanes of at least 4 members (excludes halogenated alkanes) is 1. The molecule has 0 radical (unpaired) electrons. The summed E-state index contributed by atoms with van der Waals surface area (Å²) in [5.74, 6) is 1.27. The van der Waals surface area contributed by atoms with Crippen LogP contribution in [-0.4, -0.2) is 13.2 Å². The fraction of sp³-hybridized carbons (Fsp3) is 0.625. The van der Waals surface area contributed by atoms with Crippen molar-refractivity contribution in [3.8, 4) is 5.75 Å². The average molecular weight is 283 g/mol. The van der Waals surface area contributed by atoms with Gasteiger partial charge in [-0.2, -0.15) is 8.78 Å². The molecular weight excluding hydrogens is 260 g/mol. The SMILES string of the molecule is CCCCC(CC)C1CNc2ccc(OC(F)F)cc21. The van der Waals surface area contributed by atoms with Crippen LogP contribution >= 0.6 is 0 Å². The molecule has 112 valence electrons. The molecule has 1 aromatic rings. The molecule has 0 fully saturated rings. The summed E-state index contributed by atoms with van der Waals surface area (Å²) in [6, 6.07) is 5.23. The molecule has 1 aromatic carbocycles. The number of fused-ring (bicyclic) bond motifs is 1. The minimum Gasteiger partial charge on any atom is -0.435 e. The zero-order valence-electron chi connectivity index (χ0n) is 12.2. The Morgan fingerprint density at radius 3 is 2.80 bits per heavy atom. The van der Waals surface area contributed by atoms with Gasteiger partial charge >= 0.3 is 6.61 Å². The van der Waals surface area contributed by atoms with Crippen molar-refractivity contribution in [3.63, 3.8) is 0 Å². The number of hydrogen-bond acceptors (Lipinski definition) is 2. The third-order valence-electron chi connectivity index (χ3n) is 4.18. The Bertz CT molecular complexity index is 436. The van der Waals surface area contributed by atoms with Crippen LogP contribution in [-0.2, 0) is 0 Å². The Balaban J connectivity index is 2.16. The number of benzene rings is 1. The Morgan fingerprint density at radius 2 is 2.15 bits per heavy atom. The maximum atomic E-state index is 12.3. The number of anilines is 1. The zero-order valence-corrected chi connectivity index (χ0v) is 12.2. The molecule has 2 unspecified atom stereocenters. The van der Waals surface area contributed by atoms with Gasteiger partial charge < -0.3 is 10.1 Å². The fourth-order valence-corrected chi connectivity index (χ4v) is 3.09. The summed E-state index contributed by atoms with van der Waals surface area (Å²) in [5.41, 5.74) is 2.19. The van der Waals surface area contributed by atoms with E-state index in [-0.39, 0.29) is 5.75 Å². The van der Waals surface area contributed by atoms with Crippen molar-refractivity contribution in [1.82, 2.24) is 0 Å². The van der Waals surface area contributed by atoms with E-state index < -0.39 is 6.61 Å². The molecule has 4 heteroatoms. The van der Waals surface area contributed by atoms with Crippen LogP contribution in [0.4, 0.5) is 14.5 Å². The van der Waals surface area contributed by atoms with E-state index in [2.05, 4.69) is 23.9 Å². The van der Waals surface area contributed by atoms with E-state index in [4.69, 9.17) is 0 Å². The highest BCUT2D eigenvalue weighted by Crippen LogP contribution is 2.41. The van der Waals surface area contributed by atoms with Gasteiger partial charge in [-0.3, -0.25) is 0 Å². The van der Waals surface area contributed by atoms with Gasteiger partial charge in [-0.15, -0.1) is 0 Å². The summed E-state index contributed by atoms with van der Waals surface area (Å²) in [7, 11) is 0. The maximum Gasteiger partial charge on any atom is 0.387 e. The Hall–Kier alpha value is -1.32. The Morgan fingerprint density at radius 1 is 1.35 bits per heavy atom. The highest BCUT2D eigenvalue weighted by atomic mass is 19.3. The quantitative estimate of drug-likeness (QED) is 0.759. The van der Waals surface area contributed by atoms with Crippen LogP contribution in [0.5, 0.6) is 5.75 Å². The van der Waals surface area contributed by atoms with Crippen molar-refractivity contribution in [2.24, 2.45) is 5.92 Å². The summed E-state index contributed by atoms with van der Waals surface area (Å²) in [5, 5.41) is 3.38. The maximum absolute atomic E-state index is 12.3. The number of hydrogen-bond donors (Lipinski definition) is 1. The molecule has 1 aliphatic rings. The van der Waals surface area contributed by atoms with E-state index in [1.807, 2.05) is 6.07 Å². The van der Waals surface area contributed by atoms with Gasteiger partial charge in [0.2, 0.25) is 0 Å². The molecule has 0 spiro atoms. The van der Waals surface area contributed by atoms with Crippen LogP contribution in [0.3, 0.4) is 0 Å². The molecule has 0 aromatic heterocycles. The van der Waals surface area contributed by atoms with Crippen LogP contribution in [0, 0.1) is 5.92 Å². The van der Waals surface area contributed by atoms with Crippen molar-refractivity contribution in [3.05, 3.63) is 23.8 Å².